The Hall–Kier alpha value is -0.340. The second kappa shape index (κ2) is 15.1. The van der Waals surface area contributed by atoms with Crippen LogP contribution < -0.4 is 0 Å². The molecule has 0 aromatic carbocycles. The third-order valence-electron chi connectivity index (χ3n) is 19.0. The predicted molar refractivity (Wildman–Crippen MR) is 209 cm³/mol. The van der Waals surface area contributed by atoms with E-state index in [0.29, 0.717) is 0 Å². The van der Waals surface area contributed by atoms with Gasteiger partial charge in [-0.05, 0) is 149 Å². The van der Waals surface area contributed by atoms with Crippen LogP contribution in [0, 0.1) is 59.2 Å². The zero-order valence-corrected chi connectivity index (χ0v) is 32.5. The van der Waals surface area contributed by atoms with Gasteiger partial charge in [-0.3, -0.25) is 9.80 Å². The fourth-order valence-electron chi connectivity index (χ4n) is 17.3. The molecule has 2 aliphatic heterocycles. The van der Waals surface area contributed by atoms with Gasteiger partial charge < -0.3 is 0 Å². The van der Waals surface area contributed by atoms with Crippen LogP contribution in [0.2, 0.25) is 0 Å². The Morgan fingerprint density at radius 3 is 1.52 bits per heavy atom. The molecule has 280 valence electrons. The Bertz CT molecular complexity index is 1150. The Morgan fingerprint density at radius 2 is 0.880 bits per heavy atom. The lowest BCUT2D eigenvalue weighted by atomic mass is 9.61. The normalized spacial score (nSPS) is 49.6. The molecule has 7 saturated carbocycles. The third kappa shape index (κ3) is 6.27. The second-order valence-corrected chi connectivity index (χ2v) is 21.1. The lowest BCUT2D eigenvalue weighted by Crippen LogP contribution is -2.54. The molecule has 0 amide bonds. The summed E-state index contributed by atoms with van der Waals surface area (Å²) >= 11 is 0. The monoisotopic (exact) mass is 683 g/mol. The number of hydrogen-bond donors (Lipinski definition) is 0. The summed E-state index contributed by atoms with van der Waals surface area (Å²) in [5.41, 5.74) is 0. The van der Waals surface area contributed by atoms with Crippen molar-refractivity contribution in [2.45, 2.75) is 229 Å². The standard InChI is InChI=1S/C48H78N2/c1-4-15-33(16-5-1)36-21-14-22-39(30-36)49-43-25-12-10-23-41(43)47-45(49)27-28-46-48(47)42-24-11-13-26-44(42)50(46)40-31-37(34-17-6-2-7-18-34)29-38(32-40)35-19-8-3-9-20-35/h6,17,33-48H,1-5,7-16,18-32H2. The first kappa shape index (κ1) is 34.2. The summed E-state index contributed by atoms with van der Waals surface area (Å²) in [5, 5.41) is 0. The highest BCUT2D eigenvalue weighted by atomic mass is 15.3. The van der Waals surface area contributed by atoms with Crippen molar-refractivity contribution in [2.24, 2.45) is 59.2 Å². The first-order valence-corrected chi connectivity index (χ1v) is 24.0. The molecule has 10 aliphatic rings. The highest BCUT2D eigenvalue weighted by Crippen LogP contribution is 2.62. The van der Waals surface area contributed by atoms with Crippen molar-refractivity contribution < 1.29 is 0 Å². The third-order valence-corrected chi connectivity index (χ3v) is 19.0. The molecule has 14 unspecified atom stereocenters. The molecular weight excluding hydrogens is 605 g/mol. The van der Waals surface area contributed by atoms with Gasteiger partial charge in [0.2, 0.25) is 0 Å². The summed E-state index contributed by atoms with van der Waals surface area (Å²) in [7, 11) is 0. The number of fused-ring (bicyclic) bond motifs is 7. The minimum absolute atomic E-state index is 0.897. The van der Waals surface area contributed by atoms with E-state index in [-0.39, 0.29) is 0 Å². The smallest absolute Gasteiger partial charge is 0.0137 e. The molecule has 0 N–H and O–H groups in total. The molecular formula is C48H78N2. The molecule has 2 nitrogen and oxygen atoms in total. The fourth-order valence-corrected chi connectivity index (χ4v) is 17.3. The second-order valence-electron chi connectivity index (χ2n) is 21.1. The van der Waals surface area contributed by atoms with Gasteiger partial charge in [0.1, 0.15) is 0 Å². The van der Waals surface area contributed by atoms with Crippen LogP contribution in [0.1, 0.15) is 193 Å². The zero-order valence-electron chi connectivity index (χ0n) is 32.5. The number of rotatable bonds is 5. The summed E-state index contributed by atoms with van der Waals surface area (Å²) in [6, 6.07) is 5.62. The van der Waals surface area contributed by atoms with Gasteiger partial charge in [-0.15, -0.1) is 0 Å². The van der Waals surface area contributed by atoms with Crippen LogP contribution in [0.3, 0.4) is 0 Å². The summed E-state index contributed by atoms with van der Waals surface area (Å²) < 4.78 is 0. The molecule has 2 heteroatoms. The topological polar surface area (TPSA) is 6.48 Å². The maximum Gasteiger partial charge on any atom is 0.0137 e. The molecule has 8 aliphatic carbocycles. The molecule has 0 radical (unpaired) electrons. The average Bonchev–Trinajstić information content (AvgIpc) is 3.72. The van der Waals surface area contributed by atoms with Crippen molar-refractivity contribution >= 4 is 0 Å². The van der Waals surface area contributed by atoms with Crippen LogP contribution in [0.25, 0.3) is 0 Å². The molecule has 50 heavy (non-hydrogen) atoms. The summed E-state index contributed by atoms with van der Waals surface area (Å²) in [4.78, 5) is 6.87. The molecule has 0 bridgehead atoms. The molecule has 9 fully saturated rings. The van der Waals surface area contributed by atoms with Gasteiger partial charge in [0, 0.05) is 36.3 Å². The summed E-state index contributed by atoms with van der Waals surface area (Å²) in [6.45, 7) is 0. The Morgan fingerprint density at radius 1 is 0.340 bits per heavy atom. The molecule has 0 aromatic rings. The van der Waals surface area contributed by atoms with Gasteiger partial charge in [0.05, 0.1) is 0 Å². The van der Waals surface area contributed by atoms with E-state index in [1.165, 1.54) is 70.6 Å². The largest absolute Gasteiger partial charge is 0.294 e. The summed E-state index contributed by atoms with van der Waals surface area (Å²) in [5.74, 6) is 10.2. The van der Waals surface area contributed by atoms with Gasteiger partial charge in [0.15, 0.2) is 0 Å². The number of likely N-dealkylation sites (tertiary alicyclic amines) is 2. The molecule has 0 aromatic heterocycles. The highest BCUT2D eigenvalue weighted by Gasteiger charge is 2.64. The van der Waals surface area contributed by atoms with E-state index in [4.69, 9.17) is 0 Å². The van der Waals surface area contributed by atoms with Gasteiger partial charge in [-0.1, -0.05) is 115 Å². The van der Waals surface area contributed by atoms with Gasteiger partial charge in [0.25, 0.3) is 0 Å². The lowest BCUT2D eigenvalue weighted by Gasteiger charge is -2.50. The van der Waals surface area contributed by atoms with Crippen LogP contribution in [0.15, 0.2) is 12.2 Å². The van der Waals surface area contributed by atoms with Crippen LogP contribution in [0.5, 0.6) is 0 Å². The minimum Gasteiger partial charge on any atom is -0.294 e. The van der Waals surface area contributed by atoms with Crippen LogP contribution in [-0.4, -0.2) is 46.1 Å². The van der Waals surface area contributed by atoms with Gasteiger partial charge >= 0.3 is 0 Å². The van der Waals surface area contributed by atoms with E-state index in [0.717, 1.165) is 95.4 Å². The van der Waals surface area contributed by atoms with Crippen molar-refractivity contribution in [1.29, 1.82) is 0 Å². The SMILES string of the molecule is C1=CC(C2CC(C3CCCCC3)CC(N3C4CCCCC4C4C5C6CCCCC6N(C6CCCC(C7CCCCC7)C6)C5CCC43)C2)CCC1. The average molecular weight is 683 g/mol. The summed E-state index contributed by atoms with van der Waals surface area (Å²) in [6.07, 6.45) is 51.6. The molecule has 2 heterocycles. The quantitative estimate of drug-likeness (QED) is 0.266. The van der Waals surface area contributed by atoms with Crippen LogP contribution in [-0.2, 0) is 0 Å². The molecule has 14 atom stereocenters. The molecule has 2 saturated heterocycles. The predicted octanol–water partition coefficient (Wildman–Crippen LogP) is 12.4. The van der Waals surface area contributed by atoms with Gasteiger partial charge in [-0.25, -0.2) is 0 Å². The first-order chi connectivity index (χ1) is 24.8. The zero-order chi connectivity index (χ0) is 33.0. The van der Waals surface area contributed by atoms with Crippen molar-refractivity contribution in [3.8, 4) is 0 Å². The van der Waals surface area contributed by atoms with E-state index in [1.54, 1.807) is 122 Å². The molecule has 0 spiro atoms. The highest BCUT2D eigenvalue weighted by molar-refractivity contribution is 5.17. The minimum atomic E-state index is 0.897. The lowest BCUT2D eigenvalue weighted by molar-refractivity contribution is -0.00914. The maximum atomic E-state index is 3.46. The Labute approximate surface area is 309 Å². The van der Waals surface area contributed by atoms with Crippen molar-refractivity contribution in [2.75, 3.05) is 0 Å². The number of nitrogens with zero attached hydrogens (tertiary/aromatic N) is 2. The number of allylic oxidation sites excluding steroid dienone is 2. The van der Waals surface area contributed by atoms with E-state index < -0.39 is 0 Å². The van der Waals surface area contributed by atoms with E-state index in [1.807, 2.05) is 0 Å². The first-order valence-electron chi connectivity index (χ1n) is 24.0. The fraction of sp³-hybridized carbons (Fsp3) is 0.958. The van der Waals surface area contributed by atoms with Crippen molar-refractivity contribution in [3.05, 3.63) is 12.2 Å². The Kier molecular flexibility index (Phi) is 10.3. The molecule has 10 rings (SSSR count). The maximum absolute atomic E-state index is 3.46. The van der Waals surface area contributed by atoms with E-state index in [2.05, 4.69) is 22.0 Å². The van der Waals surface area contributed by atoms with Crippen molar-refractivity contribution in [3.63, 3.8) is 0 Å². The van der Waals surface area contributed by atoms with E-state index >= 15 is 0 Å². The van der Waals surface area contributed by atoms with Gasteiger partial charge in [-0.2, -0.15) is 0 Å². The van der Waals surface area contributed by atoms with Crippen LogP contribution >= 0.6 is 0 Å². The van der Waals surface area contributed by atoms with E-state index in [9.17, 15) is 0 Å². The number of hydrogen-bond acceptors (Lipinski definition) is 2. The van der Waals surface area contributed by atoms with Crippen molar-refractivity contribution in [1.82, 2.24) is 9.80 Å². The van der Waals surface area contributed by atoms with Crippen LogP contribution in [0.4, 0.5) is 0 Å². The Balaban J connectivity index is 0.941.